The number of anilines is 2. The van der Waals surface area contributed by atoms with Gasteiger partial charge in [-0.2, -0.15) is 5.26 Å². The highest BCUT2D eigenvalue weighted by Gasteiger charge is 2.22. The molecule has 0 saturated carbocycles. The summed E-state index contributed by atoms with van der Waals surface area (Å²) in [5.74, 6) is 1.16. The Balaban J connectivity index is 2.02. The number of nitrogens with one attached hydrogen (secondary N) is 1. The number of nitrogens with zero attached hydrogens (tertiary/aromatic N) is 4. The Morgan fingerprint density at radius 2 is 1.77 bits per heavy atom. The Morgan fingerprint density at radius 1 is 1.03 bits per heavy atom. The number of carbonyl (C=O) groups is 1. The average molecular weight is 403 g/mol. The van der Waals surface area contributed by atoms with Crippen molar-refractivity contribution in [1.82, 2.24) is 15.0 Å². The summed E-state index contributed by atoms with van der Waals surface area (Å²) in [6, 6.07) is 9.00. The van der Waals surface area contributed by atoms with Gasteiger partial charge in [0.2, 0.25) is 12.2 Å². The predicted molar refractivity (Wildman–Crippen MR) is 110 cm³/mol. The van der Waals surface area contributed by atoms with E-state index in [-0.39, 0.29) is 5.56 Å². The first-order valence-electron chi connectivity index (χ1n) is 8.85. The van der Waals surface area contributed by atoms with E-state index in [2.05, 4.69) is 21.0 Å². The van der Waals surface area contributed by atoms with Crippen LogP contribution in [0.3, 0.4) is 0 Å². The van der Waals surface area contributed by atoms with E-state index in [1.54, 1.807) is 24.5 Å². The zero-order valence-corrected chi connectivity index (χ0v) is 16.5. The summed E-state index contributed by atoms with van der Waals surface area (Å²) in [6.07, 6.45) is 3.64. The van der Waals surface area contributed by atoms with Crippen LogP contribution in [0.15, 0.2) is 36.8 Å². The van der Waals surface area contributed by atoms with Crippen molar-refractivity contribution < 1.29 is 19.0 Å². The molecule has 0 atom stereocenters. The molecule has 1 N–H and O–H groups in total. The fourth-order valence-electron chi connectivity index (χ4n) is 3.40. The standard InChI is InChI=1S/C21H17N5O4/c1-28-18-4-13(5-19(29-2)21(18)30-3)26(11-27)20-12(8-22)9-23-15-7-17-16(6-14(15)20)24-10-25-17/h4-7,9-11H,1-3H3,(H,24,25). The first kappa shape index (κ1) is 19.0. The minimum Gasteiger partial charge on any atom is -0.493 e. The average Bonchev–Trinajstić information content (AvgIpc) is 3.24. The first-order valence-corrected chi connectivity index (χ1v) is 8.85. The summed E-state index contributed by atoms with van der Waals surface area (Å²) in [6.45, 7) is 0. The van der Waals surface area contributed by atoms with Gasteiger partial charge in [-0.05, 0) is 12.1 Å². The summed E-state index contributed by atoms with van der Waals surface area (Å²) in [7, 11) is 4.48. The zero-order chi connectivity index (χ0) is 21.3. The van der Waals surface area contributed by atoms with Crippen LogP contribution in [0.5, 0.6) is 17.2 Å². The number of rotatable bonds is 6. The van der Waals surface area contributed by atoms with Gasteiger partial charge in [0.15, 0.2) is 11.5 Å². The maximum atomic E-state index is 12.2. The summed E-state index contributed by atoms with van der Waals surface area (Å²) in [5, 5.41) is 10.3. The molecular formula is C21H17N5O4. The number of amides is 1. The third-order valence-electron chi connectivity index (χ3n) is 4.78. The summed E-state index contributed by atoms with van der Waals surface area (Å²) < 4.78 is 16.2. The van der Waals surface area contributed by atoms with E-state index in [0.717, 1.165) is 5.52 Å². The van der Waals surface area contributed by atoms with Gasteiger partial charge in [-0.25, -0.2) is 4.98 Å². The molecule has 2 aromatic carbocycles. The number of methoxy groups -OCH3 is 3. The normalized spacial score (nSPS) is 10.6. The number of fused-ring (bicyclic) bond motifs is 2. The van der Waals surface area contributed by atoms with Crippen LogP contribution in [0.1, 0.15) is 5.56 Å². The van der Waals surface area contributed by atoms with Crippen molar-refractivity contribution >= 4 is 39.7 Å². The second kappa shape index (κ2) is 7.60. The Hall–Kier alpha value is -4.32. The Morgan fingerprint density at radius 3 is 2.37 bits per heavy atom. The van der Waals surface area contributed by atoms with Crippen LogP contribution in [-0.4, -0.2) is 42.7 Å². The van der Waals surface area contributed by atoms with Gasteiger partial charge in [-0.1, -0.05) is 0 Å². The van der Waals surface area contributed by atoms with E-state index in [1.165, 1.54) is 32.4 Å². The number of H-pyrrole nitrogens is 1. The molecule has 150 valence electrons. The van der Waals surface area contributed by atoms with Gasteiger partial charge in [0.1, 0.15) is 6.07 Å². The lowest BCUT2D eigenvalue weighted by atomic mass is 10.1. The smallest absolute Gasteiger partial charge is 0.218 e. The van der Waals surface area contributed by atoms with Crippen LogP contribution in [0, 0.1) is 11.3 Å². The zero-order valence-electron chi connectivity index (χ0n) is 16.5. The van der Waals surface area contributed by atoms with Gasteiger partial charge in [0, 0.05) is 23.7 Å². The molecule has 4 rings (SSSR count). The number of hydrogen-bond acceptors (Lipinski definition) is 7. The third kappa shape index (κ3) is 2.91. The SMILES string of the molecule is COc1cc(N(C=O)c2c(C#N)cnc3cc4[nH]cnc4cc23)cc(OC)c1OC. The first-order chi connectivity index (χ1) is 14.6. The second-order valence-electron chi connectivity index (χ2n) is 6.28. The van der Waals surface area contributed by atoms with Crippen LogP contribution < -0.4 is 19.1 Å². The maximum absolute atomic E-state index is 12.2. The van der Waals surface area contributed by atoms with Crippen LogP contribution in [0.2, 0.25) is 0 Å². The van der Waals surface area contributed by atoms with Crippen molar-refractivity contribution in [3.63, 3.8) is 0 Å². The fourth-order valence-corrected chi connectivity index (χ4v) is 3.40. The van der Waals surface area contributed by atoms with Gasteiger partial charge in [-0.3, -0.25) is 14.7 Å². The molecule has 0 aliphatic rings. The molecule has 0 spiro atoms. The number of aromatic amines is 1. The molecule has 0 fully saturated rings. The molecule has 2 aromatic heterocycles. The second-order valence-corrected chi connectivity index (χ2v) is 6.28. The number of imidazole rings is 1. The summed E-state index contributed by atoms with van der Waals surface area (Å²) >= 11 is 0. The molecule has 9 heteroatoms. The Labute approximate surface area is 171 Å². The number of benzene rings is 2. The van der Waals surface area contributed by atoms with Crippen LogP contribution in [0.4, 0.5) is 11.4 Å². The minimum atomic E-state index is 0.234. The molecule has 9 nitrogen and oxygen atoms in total. The monoisotopic (exact) mass is 403 g/mol. The molecular weight excluding hydrogens is 386 g/mol. The van der Waals surface area contributed by atoms with Crippen molar-refractivity contribution in [2.45, 2.75) is 0 Å². The van der Waals surface area contributed by atoms with E-state index >= 15 is 0 Å². The fraction of sp³-hybridized carbons (Fsp3) is 0.143. The van der Waals surface area contributed by atoms with Crippen molar-refractivity contribution in [1.29, 1.82) is 5.26 Å². The lowest BCUT2D eigenvalue weighted by Gasteiger charge is -2.23. The lowest BCUT2D eigenvalue weighted by molar-refractivity contribution is -0.106. The lowest BCUT2D eigenvalue weighted by Crippen LogP contribution is -2.16. The van der Waals surface area contributed by atoms with E-state index in [1.807, 2.05) is 6.07 Å². The molecule has 2 heterocycles. The van der Waals surface area contributed by atoms with Crippen LogP contribution >= 0.6 is 0 Å². The van der Waals surface area contributed by atoms with Gasteiger partial charge in [0.25, 0.3) is 0 Å². The highest BCUT2D eigenvalue weighted by atomic mass is 16.5. The van der Waals surface area contributed by atoms with Gasteiger partial charge in [-0.15, -0.1) is 0 Å². The highest BCUT2D eigenvalue weighted by molar-refractivity contribution is 6.07. The predicted octanol–water partition coefficient (Wildman–Crippen LogP) is 3.30. The molecule has 4 aromatic rings. The van der Waals surface area contributed by atoms with Crippen LogP contribution in [-0.2, 0) is 4.79 Å². The topological polar surface area (TPSA) is 113 Å². The van der Waals surface area contributed by atoms with E-state index in [4.69, 9.17) is 14.2 Å². The summed E-state index contributed by atoms with van der Waals surface area (Å²) in [4.78, 5) is 25.3. The van der Waals surface area contributed by atoms with Crippen molar-refractivity contribution in [2.24, 2.45) is 0 Å². The molecule has 0 saturated heterocycles. The van der Waals surface area contributed by atoms with Gasteiger partial charge < -0.3 is 19.2 Å². The number of pyridine rings is 1. The Bertz CT molecular complexity index is 1280. The van der Waals surface area contributed by atoms with Gasteiger partial charge >= 0.3 is 0 Å². The molecule has 0 aliphatic heterocycles. The largest absolute Gasteiger partial charge is 0.493 e. The van der Waals surface area contributed by atoms with E-state index in [0.29, 0.717) is 51.5 Å². The molecule has 0 bridgehead atoms. The number of aromatic nitrogens is 3. The van der Waals surface area contributed by atoms with Gasteiger partial charge in [0.05, 0.1) is 61.1 Å². The van der Waals surface area contributed by atoms with E-state index in [9.17, 15) is 10.1 Å². The number of hydrogen-bond donors (Lipinski definition) is 1. The molecule has 0 aliphatic carbocycles. The van der Waals surface area contributed by atoms with Crippen molar-refractivity contribution in [2.75, 3.05) is 26.2 Å². The van der Waals surface area contributed by atoms with E-state index < -0.39 is 0 Å². The molecule has 30 heavy (non-hydrogen) atoms. The molecule has 0 radical (unpaired) electrons. The summed E-state index contributed by atoms with van der Waals surface area (Å²) in [5.41, 5.74) is 3.16. The molecule has 1 amide bonds. The highest BCUT2D eigenvalue weighted by Crippen LogP contribution is 2.43. The number of carbonyl (C=O) groups excluding carboxylic acids is 1. The number of nitriles is 1. The van der Waals surface area contributed by atoms with Crippen LogP contribution in [0.25, 0.3) is 21.9 Å². The molecule has 0 unspecified atom stereocenters. The van der Waals surface area contributed by atoms with Crippen molar-refractivity contribution in [3.8, 4) is 23.3 Å². The maximum Gasteiger partial charge on any atom is 0.218 e. The van der Waals surface area contributed by atoms with Crippen molar-refractivity contribution in [3.05, 3.63) is 42.4 Å². The minimum absolute atomic E-state index is 0.234. The number of ether oxygens (including phenoxy) is 3. The quantitative estimate of drug-likeness (QED) is 0.491. The Kier molecular flexibility index (Phi) is 4.82. The third-order valence-corrected chi connectivity index (χ3v) is 4.78.